The van der Waals surface area contributed by atoms with Crippen LogP contribution < -0.4 is 4.90 Å². The number of aromatic carboxylic acids is 1. The number of hydrogen-bond donors (Lipinski definition) is 1. The number of ether oxygens (including phenoxy) is 1. The van der Waals surface area contributed by atoms with Crippen molar-refractivity contribution in [2.24, 2.45) is 0 Å². The highest BCUT2D eigenvalue weighted by atomic mass is 16.5. The Balaban J connectivity index is 2.07. The second-order valence-electron chi connectivity index (χ2n) is 5.39. The molecule has 1 heterocycles. The molecule has 1 unspecified atom stereocenters. The topological polar surface area (TPSA) is 49.8 Å². The number of rotatable bonds is 5. The van der Waals surface area contributed by atoms with Crippen molar-refractivity contribution < 1.29 is 14.6 Å². The Labute approximate surface area is 120 Å². The molecule has 1 aromatic rings. The summed E-state index contributed by atoms with van der Waals surface area (Å²) in [5, 5.41) is 9.07. The molecular weight excluding hydrogens is 254 g/mol. The van der Waals surface area contributed by atoms with Gasteiger partial charge in [-0.1, -0.05) is 6.92 Å². The SMILES string of the molecule is CCCOC1CCCN(c2ccc(C(=O)O)c(C)c2)C1. The van der Waals surface area contributed by atoms with E-state index in [4.69, 9.17) is 9.84 Å². The number of aryl methyl sites for hydroxylation is 1. The van der Waals surface area contributed by atoms with E-state index in [0.717, 1.165) is 50.2 Å². The minimum atomic E-state index is -0.864. The van der Waals surface area contributed by atoms with Crippen LogP contribution in [0.5, 0.6) is 0 Å². The normalized spacial score (nSPS) is 19.1. The summed E-state index contributed by atoms with van der Waals surface area (Å²) in [6.45, 7) is 6.69. The Morgan fingerprint density at radius 2 is 2.30 bits per heavy atom. The number of benzene rings is 1. The summed E-state index contributed by atoms with van der Waals surface area (Å²) in [6, 6.07) is 5.56. The summed E-state index contributed by atoms with van der Waals surface area (Å²) in [6.07, 6.45) is 3.57. The maximum Gasteiger partial charge on any atom is 0.335 e. The molecule has 0 radical (unpaired) electrons. The molecule has 4 heteroatoms. The van der Waals surface area contributed by atoms with Gasteiger partial charge in [-0.05, 0) is 49.9 Å². The van der Waals surface area contributed by atoms with Crippen molar-refractivity contribution in [2.45, 2.75) is 39.2 Å². The van der Waals surface area contributed by atoms with Crippen molar-refractivity contribution in [3.05, 3.63) is 29.3 Å². The summed E-state index contributed by atoms with van der Waals surface area (Å²) < 4.78 is 5.84. The minimum Gasteiger partial charge on any atom is -0.478 e. The van der Waals surface area contributed by atoms with Gasteiger partial charge in [-0.2, -0.15) is 0 Å². The van der Waals surface area contributed by atoms with Crippen LogP contribution in [0.2, 0.25) is 0 Å². The van der Waals surface area contributed by atoms with E-state index < -0.39 is 5.97 Å². The fourth-order valence-electron chi connectivity index (χ4n) is 2.68. The maximum absolute atomic E-state index is 11.0. The Morgan fingerprint density at radius 1 is 1.50 bits per heavy atom. The van der Waals surface area contributed by atoms with E-state index in [0.29, 0.717) is 11.7 Å². The van der Waals surface area contributed by atoms with E-state index >= 15 is 0 Å². The number of nitrogens with zero attached hydrogens (tertiary/aromatic N) is 1. The number of anilines is 1. The van der Waals surface area contributed by atoms with E-state index in [1.807, 2.05) is 19.1 Å². The van der Waals surface area contributed by atoms with E-state index in [-0.39, 0.29) is 0 Å². The molecule has 2 rings (SSSR count). The maximum atomic E-state index is 11.0. The van der Waals surface area contributed by atoms with Gasteiger partial charge in [-0.25, -0.2) is 4.79 Å². The molecule has 110 valence electrons. The first-order valence-corrected chi connectivity index (χ1v) is 7.32. The summed E-state index contributed by atoms with van der Waals surface area (Å²) in [5.41, 5.74) is 2.29. The summed E-state index contributed by atoms with van der Waals surface area (Å²) >= 11 is 0. The second-order valence-corrected chi connectivity index (χ2v) is 5.39. The fourth-order valence-corrected chi connectivity index (χ4v) is 2.68. The monoisotopic (exact) mass is 277 g/mol. The standard InChI is InChI=1S/C16H23NO3/c1-3-9-20-14-5-4-8-17(11-14)13-6-7-15(16(18)19)12(2)10-13/h6-7,10,14H,3-5,8-9,11H2,1-2H3,(H,18,19). The highest BCUT2D eigenvalue weighted by molar-refractivity contribution is 5.89. The van der Waals surface area contributed by atoms with Crippen LogP contribution in [-0.4, -0.2) is 36.9 Å². The number of piperidine rings is 1. The fraction of sp³-hybridized carbons (Fsp3) is 0.562. The molecule has 1 aliphatic heterocycles. The van der Waals surface area contributed by atoms with Crippen molar-refractivity contribution in [1.29, 1.82) is 0 Å². The van der Waals surface area contributed by atoms with Gasteiger partial charge in [0, 0.05) is 25.4 Å². The molecule has 0 aliphatic carbocycles. The van der Waals surface area contributed by atoms with Crippen LogP contribution in [0.3, 0.4) is 0 Å². The first kappa shape index (κ1) is 14.9. The van der Waals surface area contributed by atoms with Gasteiger partial charge >= 0.3 is 5.97 Å². The van der Waals surface area contributed by atoms with Gasteiger partial charge in [-0.3, -0.25) is 0 Å². The summed E-state index contributed by atoms with van der Waals surface area (Å²) in [4.78, 5) is 13.3. The van der Waals surface area contributed by atoms with Crippen LogP contribution in [0, 0.1) is 6.92 Å². The Bertz CT molecular complexity index is 473. The predicted octanol–water partition coefficient (Wildman–Crippen LogP) is 3.09. The van der Waals surface area contributed by atoms with E-state index in [2.05, 4.69) is 11.8 Å². The molecule has 1 saturated heterocycles. The smallest absolute Gasteiger partial charge is 0.335 e. The molecule has 0 saturated carbocycles. The van der Waals surface area contributed by atoms with E-state index in [1.165, 1.54) is 0 Å². The molecule has 0 spiro atoms. The Morgan fingerprint density at radius 3 is 2.95 bits per heavy atom. The molecule has 20 heavy (non-hydrogen) atoms. The van der Waals surface area contributed by atoms with Gasteiger partial charge in [0.25, 0.3) is 0 Å². The predicted molar refractivity (Wildman–Crippen MR) is 79.6 cm³/mol. The number of carboxylic acids is 1. The van der Waals surface area contributed by atoms with Crippen molar-refractivity contribution in [3.63, 3.8) is 0 Å². The lowest BCUT2D eigenvalue weighted by Gasteiger charge is -2.34. The van der Waals surface area contributed by atoms with E-state index in [1.54, 1.807) is 6.07 Å². The zero-order valence-electron chi connectivity index (χ0n) is 12.3. The molecule has 0 aromatic heterocycles. The van der Waals surface area contributed by atoms with Gasteiger partial charge in [0.05, 0.1) is 11.7 Å². The van der Waals surface area contributed by atoms with Crippen LogP contribution in [0.4, 0.5) is 5.69 Å². The van der Waals surface area contributed by atoms with Crippen molar-refractivity contribution >= 4 is 11.7 Å². The van der Waals surface area contributed by atoms with Crippen molar-refractivity contribution in [2.75, 3.05) is 24.6 Å². The van der Waals surface area contributed by atoms with Gasteiger partial charge in [0.1, 0.15) is 0 Å². The average Bonchev–Trinajstić information content (AvgIpc) is 2.45. The highest BCUT2D eigenvalue weighted by Crippen LogP contribution is 2.24. The lowest BCUT2D eigenvalue weighted by Crippen LogP contribution is -2.39. The van der Waals surface area contributed by atoms with Crippen LogP contribution in [-0.2, 0) is 4.74 Å². The number of carbonyl (C=O) groups is 1. The molecule has 1 fully saturated rings. The zero-order valence-corrected chi connectivity index (χ0v) is 12.3. The van der Waals surface area contributed by atoms with Gasteiger partial charge in [0.2, 0.25) is 0 Å². The molecule has 1 atom stereocenters. The quantitative estimate of drug-likeness (QED) is 0.898. The van der Waals surface area contributed by atoms with E-state index in [9.17, 15) is 4.79 Å². The number of hydrogen-bond acceptors (Lipinski definition) is 3. The molecule has 0 amide bonds. The summed E-state index contributed by atoms with van der Waals surface area (Å²) in [5.74, 6) is -0.864. The molecular formula is C16H23NO3. The molecule has 0 bridgehead atoms. The molecule has 1 aliphatic rings. The average molecular weight is 277 g/mol. The van der Waals surface area contributed by atoms with Crippen molar-refractivity contribution in [1.82, 2.24) is 0 Å². The third-order valence-electron chi connectivity index (χ3n) is 3.74. The lowest BCUT2D eigenvalue weighted by molar-refractivity contribution is 0.0440. The van der Waals surface area contributed by atoms with Gasteiger partial charge in [0.15, 0.2) is 0 Å². The largest absolute Gasteiger partial charge is 0.478 e. The third-order valence-corrected chi connectivity index (χ3v) is 3.74. The molecule has 1 aromatic carbocycles. The Hall–Kier alpha value is -1.55. The van der Waals surface area contributed by atoms with Crippen LogP contribution in [0.15, 0.2) is 18.2 Å². The Kier molecular flexibility index (Phi) is 5.01. The highest BCUT2D eigenvalue weighted by Gasteiger charge is 2.21. The minimum absolute atomic E-state index is 0.295. The van der Waals surface area contributed by atoms with Crippen molar-refractivity contribution in [3.8, 4) is 0 Å². The van der Waals surface area contributed by atoms with Crippen LogP contribution in [0.1, 0.15) is 42.1 Å². The molecule has 4 nitrogen and oxygen atoms in total. The van der Waals surface area contributed by atoms with Crippen LogP contribution in [0.25, 0.3) is 0 Å². The number of carboxylic acid groups (broad SMARTS) is 1. The summed E-state index contributed by atoms with van der Waals surface area (Å²) in [7, 11) is 0. The first-order valence-electron chi connectivity index (χ1n) is 7.32. The first-order chi connectivity index (χ1) is 9.61. The van der Waals surface area contributed by atoms with Gasteiger partial charge < -0.3 is 14.7 Å². The zero-order chi connectivity index (χ0) is 14.5. The van der Waals surface area contributed by atoms with Crippen LogP contribution >= 0.6 is 0 Å². The molecule has 1 N–H and O–H groups in total. The van der Waals surface area contributed by atoms with Gasteiger partial charge in [-0.15, -0.1) is 0 Å². The third kappa shape index (κ3) is 3.51. The lowest BCUT2D eigenvalue weighted by atomic mass is 10.0. The second kappa shape index (κ2) is 6.75.